The second kappa shape index (κ2) is 9.44. The van der Waals surface area contributed by atoms with E-state index in [1.54, 1.807) is 18.2 Å². The van der Waals surface area contributed by atoms with Crippen molar-refractivity contribution >= 4 is 38.9 Å². The number of rotatable bonds is 6. The Balaban J connectivity index is 1.25. The van der Waals surface area contributed by atoms with E-state index in [2.05, 4.69) is 10.2 Å². The Morgan fingerprint density at radius 1 is 1.03 bits per heavy atom. The lowest BCUT2D eigenvalue weighted by atomic mass is 10.0. The van der Waals surface area contributed by atoms with Gasteiger partial charge in [-0.3, -0.25) is 9.59 Å². The quantitative estimate of drug-likeness (QED) is 0.673. The van der Waals surface area contributed by atoms with Gasteiger partial charge in [0.05, 0.1) is 4.90 Å². The number of halogens is 1. The molecule has 2 aromatic carbocycles. The van der Waals surface area contributed by atoms with Gasteiger partial charge in [0, 0.05) is 61.7 Å². The molecule has 0 spiro atoms. The molecule has 0 radical (unpaired) electrons. The van der Waals surface area contributed by atoms with E-state index in [1.807, 2.05) is 24.0 Å². The summed E-state index contributed by atoms with van der Waals surface area (Å²) in [5.74, 6) is 0.680. The zero-order valence-electron chi connectivity index (χ0n) is 18.8. The third kappa shape index (κ3) is 5.57. The van der Waals surface area contributed by atoms with Crippen LogP contribution in [0.1, 0.15) is 22.3 Å². The van der Waals surface area contributed by atoms with Crippen molar-refractivity contribution in [2.24, 2.45) is 11.8 Å². The smallest absolute Gasteiger partial charge is 0.253 e. The van der Waals surface area contributed by atoms with Crippen LogP contribution in [0.2, 0.25) is 5.02 Å². The molecule has 2 heterocycles. The summed E-state index contributed by atoms with van der Waals surface area (Å²) in [6.07, 6.45) is 1.55. The van der Waals surface area contributed by atoms with Crippen molar-refractivity contribution in [1.82, 2.24) is 9.80 Å². The lowest BCUT2D eigenvalue weighted by molar-refractivity contribution is -0.116. The molecule has 1 N–H and O–H groups in total. The normalized spacial score (nSPS) is 20.6. The minimum Gasteiger partial charge on any atom is -0.338 e. The van der Waals surface area contributed by atoms with Gasteiger partial charge in [-0.1, -0.05) is 17.7 Å². The number of sulfone groups is 1. The summed E-state index contributed by atoms with van der Waals surface area (Å²) in [5.41, 5.74) is 2.18. The standard InChI is InChI=1S/C24H28ClN3O4S/c1-16-3-6-20(11-22(16)25)26-23(29)9-10-27-12-18-14-28(15-19(18)13-27)24(30)17-4-7-21(8-5-17)33(2,31)32/h3-8,11,18-19H,9-10,12-15H2,1-2H3,(H,26,29). The highest BCUT2D eigenvalue weighted by Gasteiger charge is 2.41. The Labute approximate surface area is 199 Å². The Bertz CT molecular complexity index is 1150. The van der Waals surface area contributed by atoms with Crippen LogP contribution in [0.5, 0.6) is 0 Å². The zero-order chi connectivity index (χ0) is 23.8. The fraction of sp³-hybridized carbons (Fsp3) is 0.417. The largest absolute Gasteiger partial charge is 0.338 e. The Kier molecular flexibility index (Phi) is 6.79. The third-order valence-corrected chi connectivity index (χ3v) is 8.02. The van der Waals surface area contributed by atoms with Gasteiger partial charge >= 0.3 is 0 Å². The van der Waals surface area contributed by atoms with Crippen LogP contribution >= 0.6 is 11.6 Å². The lowest BCUT2D eigenvalue weighted by Gasteiger charge is -2.21. The Morgan fingerprint density at radius 2 is 1.67 bits per heavy atom. The topological polar surface area (TPSA) is 86.8 Å². The molecule has 4 rings (SSSR count). The first kappa shape index (κ1) is 23.7. The minimum absolute atomic E-state index is 0.0404. The second-order valence-corrected chi connectivity index (χ2v) is 11.5. The average molecular weight is 490 g/mol. The van der Waals surface area contributed by atoms with E-state index in [0.29, 0.717) is 54.2 Å². The monoisotopic (exact) mass is 489 g/mol. The van der Waals surface area contributed by atoms with E-state index in [0.717, 1.165) is 24.9 Å². The summed E-state index contributed by atoms with van der Waals surface area (Å²) >= 11 is 6.12. The molecule has 2 aromatic rings. The number of hydrogen-bond donors (Lipinski definition) is 1. The summed E-state index contributed by atoms with van der Waals surface area (Å²) in [5, 5.41) is 3.53. The van der Waals surface area contributed by atoms with Gasteiger partial charge in [0.25, 0.3) is 5.91 Å². The van der Waals surface area contributed by atoms with Crippen LogP contribution in [0.4, 0.5) is 5.69 Å². The fourth-order valence-electron chi connectivity index (χ4n) is 4.62. The molecule has 0 aliphatic carbocycles. The molecule has 2 unspecified atom stereocenters. The summed E-state index contributed by atoms with van der Waals surface area (Å²) in [7, 11) is -3.28. The molecule has 9 heteroatoms. The van der Waals surface area contributed by atoms with Crippen molar-refractivity contribution in [1.29, 1.82) is 0 Å². The third-order valence-electron chi connectivity index (χ3n) is 6.49. The van der Waals surface area contributed by atoms with Crippen molar-refractivity contribution < 1.29 is 18.0 Å². The van der Waals surface area contributed by atoms with Crippen LogP contribution in [0.3, 0.4) is 0 Å². The highest BCUT2D eigenvalue weighted by Crippen LogP contribution is 2.32. The van der Waals surface area contributed by atoms with Gasteiger partial charge in [-0.2, -0.15) is 0 Å². The summed E-state index contributed by atoms with van der Waals surface area (Å²) in [4.78, 5) is 29.5. The van der Waals surface area contributed by atoms with Crippen molar-refractivity contribution in [3.8, 4) is 0 Å². The summed E-state index contributed by atoms with van der Waals surface area (Å²) in [6, 6.07) is 11.6. The Hall–Kier alpha value is -2.42. The summed E-state index contributed by atoms with van der Waals surface area (Å²) < 4.78 is 23.2. The maximum Gasteiger partial charge on any atom is 0.253 e. The molecule has 2 fully saturated rings. The molecule has 176 valence electrons. The van der Waals surface area contributed by atoms with Crippen molar-refractivity contribution in [2.75, 3.05) is 44.3 Å². The number of carbonyl (C=O) groups excluding carboxylic acids is 2. The molecule has 0 saturated carbocycles. The van der Waals surface area contributed by atoms with E-state index < -0.39 is 9.84 Å². The van der Waals surface area contributed by atoms with Gasteiger partial charge in [-0.25, -0.2) is 8.42 Å². The van der Waals surface area contributed by atoms with Crippen LogP contribution in [0, 0.1) is 18.8 Å². The Morgan fingerprint density at radius 3 is 2.24 bits per heavy atom. The SMILES string of the molecule is Cc1ccc(NC(=O)CCN2CC3CN(C(=O)c4ccc(S(C)(=O)=O)cc4)CC3C2)cc1Cl. The van der Waals surface area contributed by atoms with Gasteiger partial charge in [-0.15, -0.1) is 0 Å². The predicted molar refractivity (Wildman–Crippen MR) is 128 cm³/mol. The molecule has 0 bridgehead atoms. The number of nitrogens with zero attached hydrogens (tertiary/aromatic N) is 2. The fourth-order valence-corrected chi connectivity index (χ4v) is 5.43. The molecule has 0 aromatic heterocycles. The predicted octanol–water partition coefficient (Wildman–Crippen LogP) is 3.08. The number of carbonyl (C=O) groups is 2. The van der Waals surface area contributed by atoms with E-state index in [1.165, 1.54) is 12.1 Å². The van der Waals surface area contributed by atoms with Crippen LogP contribution in [0.15, 0.2) is 47.4 Å². The highest BCUT2D eigenvalue weighted by atomic mass is 35.5. The van der Waals surface area contributed by atoms with Gasteiger partial charge in [0.15, 0.2) is 9.84 Å². The maximum atomic E-state index is 12.9. The molecule has 2 atom stereocenters. The van der Waals surface area contributed by atoms with Crippen molar-refractivity contribution in [3.05, 3.63) is 58.6 Å². The summed E-state index contributed by atoms with van der Waals surface area (Å²) in [6.45, 7) is 5.70. The first-order valence-corrected chi connectivity index (χ1v) is 13.2. The van der Waals surface area contributed by atoms with Gasteiger partial charge in [-0.05, 0) is 60.7 Å². The molecule has 33 heavy (non-hydrogen) atoms. The van der Waals surface area contributed by atoms with Crippen molar-refractivity contribution in [2.45, 2.75) is 18.2 Å². The second-order valence-electron chi connectivity index (χ2n) is 9.05. The molecular weight excluding hydrogens is 462 g/mol. The lowest BCUT2D eigenvalue weighted by Crippen LogP contribution is -2.34. The van der Waals surface area contributed by atoms with E-state index in [9.17, 15) is 18.0 Å². The van der Waals surface area contributed by atoms with Gasteiger partial charge < -0.3 is 15.1 Å². The van der Waals surface area contributed by atoms with E-state index >= 15 is 0 Å². The number of hydrogen-bond acceptors (Lipinski definition) is 5. The van der Waals surface area contributed by atoms with E-state index in [4.69, 9.17) is 11.6 Å². The number of likely N-dealkylation sites (tertiary alicyclic amines) is 2. The first-order valence-electron chi connectivity index (χ1n) is 11.0. The van der Waals surface area contributed by atoms with Crippen LogP contribution < -0.4 is 5.32 Å². The van der Waals surface area contributed by atoms with Gasteiger partial charge in [0.2, 0.25) is 5.91 Å². The number of anilines is 1. The van der Waals surface area contributed by atoms with Gasteiger partial charge in [0.1, 0.15) is 0 Å². The number of benzene rings is 2. The minimum atomic E-state index is -3.28. The molecular formula is C24H28ClN3O4S. The highest BCUT2D eigenvalue weighted by molar-refractivity contribution is 7.90. The number of fused-ring (bicyclic) bond motifs is 1. The zero-order valence-corrected chi connectivity index (χ0v) is 20.3. The first-order chi connectivity index (χ1) is 15.6. The molecule has 2 saturated heterocycles. The maximum absolute atomic E-state index is 12.9. The molecule has 7 nitrogen and oxygen atoms in total. The molecule has 2 aliphatic heterocycles. The molecule has 2 aliphatic rings. The average Bonchev–Trinajstić information content (AvgIpc) is 3.33. The number of amides is 2. The van der Waals surface area contributed by atoms with Crippen LogP contribution in [-0.4, -0.2) is 69.0 Å². The molecule has 2 amide bonds. The van der Waals surface area contributed by atoms with Crippen molar-refractivity contribution in [3.63, 3.8) is 0 Å². The van der Waals surface area contributed by atoms with Crippen LogP contribution in [-0.2, 0) is 14.6 Å². The van der Waals surface area contributed by atoms with Crippen LogP contribution in [0.25, 0.3) is 0 Å². The number of aryl methyl sites for hydroxylation is 1. The number of nitrogens with one attached hydrogen (secondary N) is 1. The van der Waals surface area contributed by atoms with E-state index in [-0.39, 0.29) is 16.7 Å².